The molecule has 0 bridgehead atoms. The van der Waals surface area contributed by atoms with Crippen molar-refractivity contribution in [2.24, 2.45) is 11.7 Å². The molecule has 1 atom stereocenters. The van der Waals surface area contributed by atoms with Crippen LogP contribution in [0, 0.1) is 5.92 Å². The fourth-order valence-corrected chi connectivity index (χ4v) is 1.83. The summed E-state index contributed by atoms with van der Waals surface area (Å²) in [4.78, 5) is 23.9. The molecule has 3 N–H and O–H groups in total. The molecule has 0 radical (unpaired) electrons. The Hall–Kier alpha value is -1.14. The van der Waals surface area contributed by atoms with E-state index in [1.54, 1.807) is 4.90 Å². The van der Waals surface area contributed by atoms with Gasteiger partial charge in [0.2, 0.25) is 5.91 Å². The minimum Gasteiger partial charge on any atom is -0.480 e. The van der Waals surface area contributed by atoms with Gasteiger partial charge in [-0.15, -0.1) is 0 Å². The van der Waals surface area contributed by atoms with Gasteiger partial charge in [0.05, 0.1) is 13.1 Å². The van der Waals surface area contributed by atoms with Gasteiger partial charge in [0, 0.05) is 12.5 Å². The van der Waals surface area contributed by atoms with Crippen LogP contribution in [0.25, 0.3) is 0 Å². The minimum absolute atomic E-state index is 0.00704. The van der Waals surface area contributed by atoms with Gasteiger partial charge >= 0.3 is 5.97 Å². The lowest BCUT2D eigenvalue weighted by atomic mass is 9.94. The van der Waals surface area contributed by atoms with Gasteiger partial charge in [0.25, 0.3) is 0 Å². The number of carbonyl (C=O) groups is 2. The monoisotopic (exact) mass is 258 g/mol. The fourth-order valence-electron chi connectivity index (χ4n) is 1.83. The highest BCUT2D eigenvalue weighted by atomic mass is 16.5. The lowest BCUT2D eigenvalue weighted by Gasteiger charge is -2.47. The Bertz CT molecular complexity index is 324. The highest BCUT2D eigenvalue weighted by molar-refractivity contribution is 5.78. The Labute approximate surface area is 107 Å². The molecule has 104 valence electrons. The number of hydrogen-bond acceptors (Lipinski definition) is 4. The summed E-state index contributed by atoms with van der Waals surface area (Å²) in [6.45, 7) is 6.31. The molecule has 1 amide bonds. The highest BCUT2D eigenvalue weighted by Crippen LogP contribution is 2.25. The third-order valence-corrected chi connectivity index (χ3v) is 3.21. The molecule has 0 aromatic rings. The van der Waals surface area contributed by atoms with E-state index in [4.69, 9.17) is 15.6 Å². The van der Waals surface area contributed by atoms with E-state index in [0.717, 1.165) is 0 Å². The van der Waals surface area contributed by atoms with Crippen LogP contribution >= 0.6 is 0 Å². The number of nitrogens with zero attached hydrogens (tertiary/aromatic N) is 1. The summed E-state index contributed by atoms with van der Waals surface area (Å²) in [7, 11) is 0. The number of carbonyl (C=O) groups excluding carboxylic acids is 1. The summed E-state index contributed by atoms with van der Waals surface area (Å²) in [6.07, 6.45) is 0.326. The van der Waals surface area contributed by atoms with Gasteiger partial charge in [-0.2, -0.15) is 0 Å². The van der Waals surface area contributed by atoms with Crippen molar-refractivity contribution in [3.8, 4) is 0 Å². The van der Waals surface area contributed by atoms with Crippen LogP contribution in [0.5, 0.6) is 0 Å². The largest absolute Gasteiger partial charge is 0.480 e. The molecular formula is C12H22N2O4. The first-order valence-electron chi connectivity index (χ1n) is 6.12. The molecule has 1 saturated heterocycles. The normalized spacial score (nSPS) is 19.5. The molecule has 1 aliphatic rings. The molecule has 6 heteroatoms. The number of likely N-dealkylation sites (tertiary alicyclic amines) is 1. The summed E-state index contributed by atoms with van der Waals surface area (Å²) < 4.78 is 5.24. The van der Waals surface area contributed by atoms with Crippen LogP contribution < -0.4 is 5.73 Å². The van der Waals surface area contributed by atoms with Crippen LogP contribution in [0.3, 0.4) is 0 Å². The first kappa shape index (κ1) is 14.9. The molecule has 1 heterocycles. The third-order valence-electron chi connectivity index (χ3n) is 3.21. The summed E-state index contributed by atoms with van der Waals surface area (Å²) in [6, 6.07) is -0.135. The lowest BCUT2D eigenvalue weighted by molar-refractivity contribution is -0.173. The number of amides is 1. The zero-order valence-corrected chi connectivity index (χ0v) is 11.2. The van der Waals surface area contributed by atoms with Gasteiger partial charge in [-0.1, -0.05) is 13.8 Å². The molecule has 18 heavy (non-hydrogen) atoms. The first-order chi connectivity index (χ1) is 8.23. The van der Waals surface area contributed by atoms with Gasteiger partial charge in [-0.05, 0) is 12.8 Å². The molecule has 1 rings (SSSR count). The zero-order chi connectivity index (χ0) is 13.9. The molecule has 0 spiro atoms. The van der Waals surface area contributed by atoms with Crippen molar-refractivity contribution in [2.75, 3.05) is 19.7 Å². The first-order valence-corrected chi connectivity index (χ1v) is 6.12. The Morgan fingerprint density at radius 2 is 2.00 bits per heavy atom. The Morgan fingerprint density at radius 3 is 2.44 bits per heavy atom. The van der Waals surface area contributed by atoms with Crippen LogP contribution in [0.15, 0.2) is 0 Å². The predicted molar refractivity (Wildman–Crippen MR) is 66.0 cm³/mol. The Balaban J connectivity index is 2.32. The van der Waals surface area contributed by atoms with Crippen molar-refractivity contribution in [1.82, 2.24) is 4.90 Å². The molecule has 6 nitrogen and oxygen atoms in total. The van der Waals surface area contributed by atoms with Gasteiger partial charge in [0.15, 0.2) is 0 Å². The number of aliphatic carboxylic acids is 1. The standard InChI is InChI=1S/C12H22N2O4/c1-8(2)9(13)4-10(15)14-6-12(3,7-14)18-5-11(16)17/h8-9H,4-7,13H2,1-3H3,(H,16,17). The topological polar surface area (TPSA) is 92.9 Å². The number of hydrogen-bond donors (Lipinski definition) is 2. The molecule has 1 fully saturated rings. The van der Waals surface area contributed by atoms with E-state index in [-0.39, 0.29) is 24.5 Å². The number of ether oxygens (including phenoxy) is 1. The Morgan fingerprint density at radius 1 is 1.44 bits per heavy atom. The van der Waals surface area contributed by atoms with Crippen molar-refractivity contribution in [3.05, 3.63) is 0 Å². The molecule has 0 aliphatic carbocycles. The molecule has 0 saturated carbocycles. The maximum absolute atomic E-state index is 11.8. The van der Waals surface area contributed by atoms with Crippen LogP contribution in [-0.4, -0.2) is 53.2 Å². The lowest BCUT2D eigenvalue weighted by Crippen LogP contribution is -2.63. The quantitative estimate of drug-likeness (QED) is 0.703. The van der Waals surface area contributed by atoms with E-state index in [1.165, 1.54) is 0 Å². The second kappa shape index (κ2) is 5.67. The second-order valence-corrected chi connectivity index (χ2v) is 5.49. The van der Waals surface area contributed by atoms with E-state index in [2.05, 4.69) is 0 Å². The minimum atomic E-state index is -0.997. The fraction of sp³-hybridized carbons (Fsp3) is 0.833. The van der Waals surface area contributed by atoms with E-state index in [1.807, 2.05) is 20.8 Å². The van der Waals surface area contributed by atoms with Gasteiger partial charge in [-0.3, -0.25) is 4.79 Å². The van der Waals surface area contributed by atoms with Gasteiger partial charge in [0.1, 0.15) is 12.2 Å². The summed E-state index contributed by atoms with van der Waals surface area (Å²) >= 11 is 0. The molecule has 1 unspecified atom stereocenters. The number of carboxylic acids is 1. The van der Waals surface area contributed by atoms with E-state index < -0.39 is 11.6 Å². The second-order valence-electron chi connectivity index (χ2n) is 5.49. The van der Waals surface area contributed by atoms with E-state index in [9.17, 15) is 9.59 Å². The molecule has 0 aromatic heterocycles. The summed E-state index contributed by atoms with van der Waals surface area (Å²) in [5, 5.41) is 8.53. The van der Waals surface area contributed by atoms with E-state index >= 15 is 0 Å². The van der Waals surface area contributed by atoms with Gasteiger partial charge in [-0.25, -0.2) is 4.79 Å². The van der Waals surface area contributed by atoms with Crippen LogP contribution in [-0.2, 0) is 14.3 Å². The number of rotatable bonds is 6. The maximum Gasteiger partial charge on any atom is 0.329 e. The molecule has 0 aromatic carbocycles. The zero-order valence-electron chi connectivity index (χ0n) is 11.2. The third kappa shape index (κ3) is 3.96. The van der Waals surface area contributed by atoms with Gasteiger partial charge < -0.3 is 20.5 Å². The van der Waals surface area contributed by atoms with Crippen LogP contribution in [0.1, 0.15) is 27.2 Å². The average Bonchev–Trinajstić information content (AvgIpc) is 2.22. The Kier molecular flexibility index (Phi) is 4.70. The van der Waals surface area contributed by atoms with Crippen molar-refractivity contribution in [3.63, 3.8) is 0 Å². The molecular weight excluding hydrogens is 236 g/mol. The van der Waals surface area contributed by atoms with E-state index in [0.29, 0.717) is 19.5 Å². The number of carboxylic acid groups (broad SMARTS) is 1. The van der Waals surface area contributed by atoms with Crippen molar-refractivity contribution in [1.29, 1.82) is 0 Å². The maximum atomic E-state index is 11.8. The number of nitrogens with two attached hydrogens (primary N) is 1. The smallest absolute Gasteiger partial charge is 0.329 e. The molecule has 1 aliphatic heterocycles. The van der Waals surface area contributed by atoms with Crippen LogP contribution in [0.4, 0.5) is 0 Å². The predicted octanol–water partition coefficient (Wildman–Crippen LogP) is 0.0619. The summed E-state index contributed by atoms with van der Waals surface area (Å²) in [5.41, 5.74) is 5.31. The average molecular weight is 258 g/mol. The van der Waals surface area contributed by atoms with Crippen molar-refractivity contribution < 1.29 is 19.4 Å². The highest BCUT2D eigenvalue weighted by Gasteiger charge is 2.42. The summed E-state index contributed by atoms with van der Waals surface area (Å²) in [5.74, 6) is -0.722. The SMILES string of the molecule is CC(C)C(N)CC(=O)N1CC(C)(OCC(=O)O)C1. The van der Waals surface area contributed by atoms with Crippen molar-refractivity contribution >= 4 is 11.9 Å². The van der Waals surface area contributed by atoms with Crippen LogP contribution in [0.2, 0.25) is 0 Å². The van der Waals surface area contributed by atoms with Crippen molar-refractivity contribution in [2.45, 2.75) is 38.8 Å².